The second kappa shape index (κ2) is 11.1. The van der Waals surface area contributed by atoms with E-state index in [1.807, 2.05) is 19.1 Å². The van der Waals surface area contributed by atoms with Crippen LogP contribution in [0.5, 0.6) is 0 Å². The molecule has 10 heteroatoms. The van der Waals surface area contributed by atoms with Crippen molar-refractivity contribution >= 4 is 46.0 Å². The fourth-order valence-electron chi connectivity index (χ4n) is 5.43. The van der Waals surface area contributed by atoms with Crippen molar-refractivity contribution in [1.82, 2.24) is 19.4 Å². The summed E-state index contributed by atoms with van der Waals surface area (Å²) < 4.78 is 1.68. The number of carboxylic acid groups (broad SMARTS) is 1. The molecule has 0 unspecified atom stereocenters. The van der Waals surface area contributed by atoms with Gasteiger partial charge in [-0.15, -0.1) is 0 Å². The number of pyridine rings is 1. The number of anilines is 2. The van der Waals surface area contributed by atoms with Crippen molar-refractivity contribution in [1.29, 1.82) is 0 Å². The average molecular weight is 557 g/mol. The van der Waals surface area contributed by atoms with Crippen molar-refractivity contribution in [3.05, 3.63) is 81.3 Å². The fourth-order valence-corrected chi connectivity index (χ4v) is 5.72. The van der Waals surface area contributed by atoms with Crippen LogP contribution in [0.3, 0.4) is 0 Å². The van der Waals surface area contributed by atoms with Crippen LogP contribution in [-0.2, 0) is 6.54 Å². The van der Waals surface area contributed by atoms with E-state index >= 15 is 0 Å². The molecule has 2 aromatic heterocycles. The topological polar surface area (TPSA) is 104 Å². The molecule has 4 aromatic rings. The van der Waals surface area contributed by atoms with Gasteiger partial charge in [-0.3, -0.25) is 4.79 Å². The van der Waals surface area contributed by atoms with Gasteiger partial charge in [0.2, 0.25) is 11.4 Å². The van der Waals surface area contributed by atoms with Gasteiger partial charge in [0, 0.05) is 56.4 Å². The molecule has 9 nitrogen and oxygen atoms in total. The number of aromatic nitrogens is 3. The molecule has 40 heavy (non-hydrogen) atoms. The second-order valence-electron chi connectivity index (χ2n) is 10.1. The highest BCUT2D eigenvalue weighted by atomic mass is 32.1. The van der Waals surface area contributed by atoms with E-state index in [-0.39, 0.29) is 10.9 Å². The molecule has 0 saturated carbocycles. The molecular weight excluding hydrogens is 524 g/mol. The number of nitrogens with zero attached hydrogens (tertiary/aromatic N) is 5. The first-order valence-corrected chi connectivity index (χ1v) is 13.7. The first kappa shape index (κ1) is 27.3. The van der Waals surface area contributed by atoms with Gasteiger partial charge in [-0.2, -0.15) is 4.98 Å². The number of rotatable bonds is 5. The summed E-state index contributed by atoms with van der Waals surface area (Å²) in [5.74, 6) is -0.753. The van der Waals surface area contributed by atoms with E-state index in [4.69, 9.17) is 12.2 Å². The van der Waals surface area contributed by atoms with Crippen LogP contribution in [0.4, 0.5) is 11.6 Å². The lowest BCUT2D eigenvalue weighted by atomic mass is 9.93. The summed E-state index contributed by atoms with van der Waals surface area (Å²) >= 11 is 5.83. The highest BCUT2D eigenvalue weighted by Crippen LogP contribution is 2.34. The molecule has 3 heterocycles. The zero-order valence-electron chi connectivity index (χ0n) is 23.1. The Morgan fingerprint density at radius 1 is 1.07 bits per heavy atom. The van der Waals surface area contributed by atoms with E-state index in [0.717, 1.165) is 11.3 Å². The summed E-state index contributed by atoms with van der Waals surface area (Å²) in [6.07, 6.45) is 2.78. The highest BCUT2D eigenvalue weighted by Gasteiger charge is 2.23. The van der Waals surface area contributed by atoms with E-state index in [9.17, 15) is 14.7 Å². The van der Waals surface area contributed by atoms with Crippen molar-refractivity contribution < 1.29 is 9.90 Å². The van der Waals surface area contributed by atoms with Gasteiger partial charge in [-0.25, -0.2) is 9.78 Å². The summed E-state index contributed by atoms with van der Waals surface area (Å²) in [6, 6.07) is 12.7. The number of carbonyl (C=O) groups is 1. The van der Waals surface area contributed by atoms with Crippen molar-refractivity contribution in [2.75, 3.05) is 36.4 Å². The van der Waals surface area contributed by atoms with Gasteiger partial charge in [0.25, 0.3) is 0 Å². The number of para-hydroxylation sites is 1. The lowest BCUT2D eigenvalue weighted by molar-refractivity contribution is 0.0695. The molecule has 0 atom stereocenters. The van der Waals surface area contributed by atoms with Crippen LogP contribution in [-0.4, -0.2) is 61.8 Å². The Labute approximate surface area is 238 Å². The molecule has 0 bridgehead atoms. The summed E-state index contributed by atoms with van der Waals surface area (Å²) in [4.78, 5) is 37.4. The third kappa shape index (κ3) is 5.14. The first-order valence-electron chi connectivity index (χ1n) is 13.3. The fraction of sp³-hybridized carbons (Fsp3) is 0.300. The summed E-state index contributed by atoms with van der Waals surface area (Å²) in [5, 5.41) is 13.7. The predicted octanol–water partition coefficient (Wildman–Crippen LogP) is 4.62. The Morgan fingerprint density at radius 3 is 2.40 bits per heavy atom. The number of hydrogen-bond acceptors (Lipinski definition) is 6. The molecule has 0 aliphatic carbocycles. The van der Waals surface area contributed by atoms with Gasteiger partial charge in [0.15, 0.2) is 5.11 Å². The van der Waals surface area contributed by atoms with Gasteiger partial charge in [0.1, 0.15) is 11.2 Å². The van der Waals surface area contributed by atoms with Crippen molar-refractivity contribution in [2.24, 2.45) is 0 Å². The molecule has 0 spiro atoms. The number of carboxylic acids is 1. The number of aryl methyl sites for hydroxylation is 4. The Bertz CT molecular complexity index is 1670. The van der Waals surface area contributed by atoms with Gasteiger partial charge in [0.05, 0.1) is 5.39 Å². The maximum absolute atomic E-state index is 12.6. The molecule has 0 amide bonds. The minimum atomic E-state index is -1.26. The monoisotopic (exact) mass is 556 g/mol. The summed E-state index contributed by atoms with van der Waals surface area (Å²) in [5.41, 5.74) is 6.60. The normalized spacial score (nSPS) is 13.5. The van der Waals surface area contributed by atoms with Gasteiger partial charge in [-0.05, 0) is 62.7 Å². The van der Waals surface area contributed by atoms with Gasteiger partial charge >= 0.3 is 5.97 Å². The second-order valence-corrected chi connectivity index (χ2v) is 10.5. The summed E-state index contributed by atoms with van der Waals surface area (Å²) in [6.45, 7) is 11.4. The number of fused-ring (bicyclic) bond motifs is 1. The van der Waals surface area contributed by atoms with Gasteiger partial charge in [-0.1, -0.05) is 35.9 Å². The number of nitrogens with one attached hydrogen (secondary N) is 1. The van der Waals surface area contributed by atoms with E-state index in [2.05, 4.69) is 70.1 Å². The van der Waals surface area contributed by atoms with Crippen molar-refractivity contribution in [3.63, 3.8) is 0 Å². The van der Waals surface area contributed by atoms with E-state index in [1.54, 1.807) is 4.57 Å². The van der Waals surface area contributed by atoms with Crippen LogP contribution < -0.4 is 15.6 Å². The first-order chi connectivity index (χ1) is 19.2. The lowest BCUT2D eigenvalue weighted by Crippen LogP contribution is -2.50. The SMILES string of the molecule is CCn1cc(C(=O)O)c(=O)c2cnc(N3CCN(C(=S)Nc4ccccc4-c4c(C)cc(C)cc4C)CC3)nc21. The largest absolute Gasteiger partial charge is 0.477 e. The minimum Gasteiger partial charge on any atom is -0.477 e. The van der Waals surface area contributed by atoms with Crippen LogP contribution in [0.2, 0.25) is 0 Å². The third-order valence-corrected chi connectivity index (χ3v) is 7.70. The molecular formula is C30H32N6O3S. The van der Waals surface area contributed by atoms with Crippen LogP contribution in [0.15, 0.2) is 53.6 Å². The number of benzene rings is 2. The number of hydrogen-bond donors (Lipinski definition) is 2. The highest BCUT2D eigenvalue weighted by molar-refractivity contribution is 7.80. The van der Waals surface area contributed by atoms with Crippen LogP contribution in [0.1, 0.15) is 34.0 Å². The Morgan fingerprint density at radius 2 is 1.75 bits per heavy atom. The molecule has 1 saturated heterocycles. The Balaban J connectivity index is 1.32. The number of thiocarbonyl (C=S) groups is 1. The maximum Gasteiger partial charge on any atom is 0.341 e. The smallest absolute Gasteiger partial charge is 0.341 e. The van der Waals surface area contributed by atoms with Crippen molar-refractivity contribution in [3.8, 4) is 11.1 Å². The number of piperazine rings is 1. The zero-order valence-corrected chi connectivity index (χ0v) is 23.9. The molecule has 0 radical (unpaired) electrons. The van der Waals surface area contributed by atoms with E-state index < -0.39 is 11.4 Å². The van der Waals surface area contributed by atoms with Crippen molar-refractivity contribution in [2.45, 2.75) is 34.2 Å². The molecule has 1 aliphatic heterocycles. The van der Waals surface area contributed by atoms with Crippen LogP contribution in [0.25, 0.3) is 22.2 Å². The van der Waals surface area contributed by atoms with Crippen LogP contribution in [0, 0.1) is 20.8 Å². The summed E-state index contributed by atoms with van der Waals surface area (Å²) in [7, 11) is 0. The van der Waals surface area contributed by atoms with Gasteiger partial charge < -0.3 is 24.8 Å². The molecule has 2 N–H and O–H groups in total. The molecule has 206 valence electrons. The standard InChI is InChI=1S/C30H32N6O3S/c1-5-34-17-23(28(38)39)26(37)22-16-31-29(33-27(22)34)35-10-12-36(13-11-35)30(40)32-24-9-7-6-8-21(24)25-19(3)14-18(2)15-20(25)4/h6-9,14-17H,5,10-13H2,1-4H3,(H,32,40)(H,38,39). The quantitative estimate of drug-likeness (QED) is 0.341. The van der Waals surface area contributed by atoms with E-state index in [0.29, 0.717) is 49.4 Å². The van der Waals surface area contributed by atoms with Crippen LogP contribution >= 0.6 is 12.2 Å². The lowest BCUT2D eigenvalue weighted by Gasteiger charge is -2.36. The Kier molecular flexibility index (Phi) is 7.53. The zero-order chi connectivity index (χ0) is 28.6. The molecule has 2 aromatic carbocycles. The molecule has 1 fully saturated rings. The predicted molar refractivity (Wildman–Crippen MR) is 163 cm³/mol. The number of aromatic carboxylic acids is 1. The maximum atomic E-state index is 12.6. The minimum absolute atomic E-state index is 0.201. The van der Waals surface area contributed by atoms with E-state index in [1.165, 1.54) is 34.6 Å². The molecule has 5 rings (SSSR count). The molecule has 1 aliphatic rings. The third-order valence-electron chi connectivity index (χ3n) is 7.34. The Hall–Kier alpha value is -4.31. The average Bonchev–Trinajstić information content (AvgIpc) is 2.93.